The van der Waals surface area contributed by atoms with Crippen LogP contribution in [0.15, 0.2) is 53.6 Å². The Labute approximate surface area is 134 Å². The molecule has 0 aliphatic carbocycles. The van der Waals surface area contributed by atoms with E-state index in [1.807, 2.05) is 0 Å². The molecule has 1 N–H and O–H groups in total. The summed E-state index contributed by atoms with van der Waals surface area (Å²) in [6.07, 6.45) is 0.135. The molecule has 3 rings (SSSR count). The van der Waals surface area contributed by atoms with Crippen molar-refractivity contribution in [3.05, 3.63) is 80.6 Å². The second-order valence-electron chi connectivity index (χ2n) is 5.23. The number of hydrogen-bond acceptors (Lipinski definition) is 5. The Morgan fingerprint density at radius 3 is 2.79 bits per heavy atom. The maximum absolute atomic E-state index is 13.2. The Morgan fingerprint density at radius 2 is 2.08 bits per heavy atom. The van der Waals surface area contributed by atoms with Gasteiger partial charge in [0.05, 0.1) is 34.8 Å². The predicted octanol–water partition coefficient (Wildman–Crippen LogP) is 2.18. The van der Waals surface area contributed by atoms with Gasteiger partial charge in [0.25, 0.3) is 11.2 Å². The van der Waals surface area contributed by atoms with Crippen LogP contribution < -0.4 is 5.56 Å². The fourth-order valence-electron chi connectivity index (χ4n) is 2.40. The molecule has 8 heteroatoms. The second-order valence-corrected chi connectivity index (χ2v) is 5.23. The first-order chi connectivity index (χ1) is 11.5. The van der Waals surface area contributed by atoms with E-state index >= 15 is 0 Å². The van der Waals surface area contributed by atoms with E-state index in [1.165, 1.54) is 42.7 Å². The van der Waals surface area contributed by atoms with Crippen LogP contribution in [-0.4, -0.2) is 19.6 Å². The monoisotopic (exact) mass is 329 g/mol. The summed E-state index contributed by atoms with van der Waals surface area (Å²) >= 11 is 0. The highest BCUT2D eigenvalue weighted by molar-refractivity contribution is 5.79. The third-order valence-electron chi connectivity index (χ3n) is 3.62. The van der Waals surface area contributed by atoms with Crippen LogP contribution in [0, 0.1) is 15.9 Å². The summed E-state index contributed by atoms with van der Waals surface area (Å²) in [6, 6.07) is 9.23. The van der Waals surface area contributed by atoms with Gasteiger partial charge in [-0.1, -0.05) is 12.1 Å². The minimum absolute atomic E-state index is 0.0816. The zero-order valence-electron chi connectivity index (χ0n) is 12.3. The average molecular weight is 329 g/mol. The van der Waals surface area contributed by atoms with Crippen LogP contribution in [-0.2, 0) is 6.54 Å². The molecule has 0 unspecified atom stereocenters. The molecule has 24 heavy (non-hydrogen) atoms. The van der Waals surface area contributed by atoms with Gasteiger partial charge in [-0.05, 0) is 23.8 Å². The van der Waals surface area contributed by atoms with Gasteiger partial charge in [-0.25, -0.2) is 9.37 Å². The highest BCUT2D eigenvalue weighted by atomic mass is 19.1. The van der Waals surface area contributed by atoms with Crippen molar-refractivity contribution in [2.45, 2.75) is 12.6 Å². The van der Waals surface area contributed by atoms with Gasteiger partial charge in [0, 0.05) is 12.1 Å². The summed E-state index contributed by atoms with van der Waals surface area (Å²) in [6.45, 7) is -0.145. The maximum Gasteiger partial charge on any atom is 0.270 e. The first-order valence-electron chi connectivity index (χ1n) is 7.03. The molecule has 1 atom stereocenters. The number of aliphatic hydroxyl groups excluding tert-OH is 1. The molecule has 0 spiro atoms. The van der Waals surface area contributed by atoms with E-state index in [0.717, 1.165) is 10.6 Å². The summed E-state index contributed by atoms with van der Waals surface area (Å²) in [5.41, 5.74) is -0.0906. The number of halogens is 1. The van der Waals surface area contributed by atoms with Gasteiger partial charge in [-0.2, -0.15) is 0 Å². The van der Waals surface area contributed by atoms with Crippen LogP contribution in [0.25, 0.3) is 10.9 Å². The zero-order valence-corrected chi connectivity index (χ0v) is 12.3. The number of non-ortho nitro benzene ring substituents is 1. The van der Waals surface area contributed by atoms with Crippen molar-refractivity contribution in [3.8, 4) is 0 Å². The van der Waals surface area contributed by atoms with Crippen LogP contribution in [0.5, 0.6) is 0 Å². The molecule has 0 aliphatic heterocycles. The van der Waals surface area contributed by atoms with E-state index in [0.29, 0.717) is 11.1 Å². The van der Waals surface area contributed by atoms with Gasteiger partial charge in [-0.3, -0.25) is 19.5 Å². The van der Waals surface area contributed by atoms with Crippen molar-refractivity contribution >= 4 is 16.6 Å². The van der Waals surface area contributed by atoms with Crippen LogP contribution in [0.3, 0.4) is 0 Å². The lowest BCUT2D eigenvalue weighted by Crippen LogP contribution is -2.23. The van der Waals surface area contributed by atoms with E-state index in [4.69, 9.17) is 0 Å². The predicted molar refractivity (Wildman–Crippen MR) is 84.0 cm³/mol. The van der Waals surface area contributed by atoms with Crippen molar-refractivity contribution in [2.75, 3.05) is 0 Å². The lowest BCUT2D eigenvalue weighted by atomic mass is 10.1. The summed E-state index contributed by atoms with van der Waals surface area (Å²) in [5.74, 6) is -0.494. The molecular weight excluding hydrogens is 317 g/mol. The Hall–Kier alpha value is -3.13. The van der Waals surface area contributed by atoms with Crippen LogP contribution >= 0.6 is 0 Å². The van der Waals surface area contributed by atoms with Crippen LogP contribution in [0.2, 0.25) is 0 Å². The largest absolute Gasteiger partial charge is 0.387 e. The molecular formula is C16H12FN3O4. The van der Waals surface area contributed by atoms with Gasteiger partial charge in [-0.15, -0.1) is 0 Å². The number of hydrogen-bond donors (Lipinski definition) is 1. The molecule has 0 bridgehead atoms. The minimum Gasteiger partial charge on any atom is -0.387 e. The van der Waals surface area contributed by atoms with E-state index in [1.54, 1.807) is 0 Å². The van der Waals surface area contributed by atoms with Crippen molar-refractivity contribution < 1.29 is 14.4 Å². The summed E-state index contributed by atoms with van der Waals surface area (Å²) in [5, 5.41) is 21.1. The Balaban J connectivity index is 1.99. The molecule has 1 heterocycles. The second kappa shape index (κ2) is 6.17. The maximum atomic E-state index is 13.2. The van der Waals surface area contributed by atoms with Gasteiger partial charge in [0.1, 0.15) is 5.82 Å². The van der Waals surface area contributed by atoms with Gasteiger partial charge < -0.3 is 5.11 Å². The molecule has 0 fully saturated rings. The van der Waals surface area contributed by atoms with Gasteiger partial charge >= 0.3 is 0 Å². The first-order valence-corrected chi connectivity index (χ1v) is 7.03. The number of nitrogens with zero attached hydrogens (tertiary/aromatic N) is 3. The molecule has 0 amide bonds. The van der Waals surface area contributed by atoms with E-state index in [9.17, 15) is 24.4 Å². The summed E-state index contributed by atoms with van der Waals surface area (Å²) < 4.78 is 14.4. The summed E-state index contributed by atoms with van der Waals surface area (Å²) in [7, 11) is 0. The standard InChI is InChI=1S/C16H12FN3O4/c17-11-3-1-2-10(6-11)15(21)8-19-9-18-14-5-4-12(20(23)24)7-13(14)16(19)22/h1-7,9,15,21H,8H2/t15-/m0/s1. The number of fused-ring (bicyclic) bond motifs is 1. The highest BCUT2D eigenvalue weighted by Gasteiger charge is 2.14. The fraction of sp³-hybridized carbons (Fsp3) is 0.125. The number of aliphatic hydroxyl groups is 1. The molecule has 0 radical (unpaired) electrons. The normalized spacial score (nSPS) is 12.2. The number of benzene rings is 2. The number of nitro groups is 1. The molecule has 2 aromatic carbocycles. The average Bonchev–Trinajstić information content (AvgIpc) is 2.57. The molecule has 122 valence electrons. The van der Waals surface area contributed by atoms with Gasteiger partial charge in [0.15, 0.2) is 0 Å². The van der Waals surface area contributed by atoms with Crippen LogP contribution in [0.1, 0.15) is 11.7 Å². The fourth-order valence-corrected chi connectivity index (χ4v) is 2.40. The number of rotatable bonds is 4. The molecule has 0 saturated heterocycles. The van der Waals surface area contributed by atoms with Crippen molar-refractivity contribution in [1.82, 2.24) is 9.55 Å². The quantitative estimate of drug-likeness (QED) is 0.584. The molecule has 7 nitrogen and oxygen atoms in total. The molecule has 0 saturated carbocycles. The lowest BCUT2D eigenvalue weighted by Gasteiger charge is -2.13. The van der Waals surface area contributed by atoms with Crippen molar-refractivity contribution in [3.63, 3.8) is 0 Å². The smallest absolute Gasteiger partial charge is 0.270 e. The minimum atomic E-state index is -1.11. The van der Waals surface area contributed by atoms with Crippen molar-refractivity contribution in [1.29, 1.82) is 0 Å². The molecule has 3 aromatic rings. The third kappa shape index (κ3) is 2.99. The Kier molecular flexibility index (Phi) is 4.05. The zero-order chi connectivity index (χ0) is 17.3. The van der Waals surface area contributed by atoms with Crippen LogP contribution in [0.4, 0.5) is 10.1 Å². The molecule has 0 aliphatic rings. The van der Waals surface area contributed by atoms with Crippen molar-refractivity contribution in [2.24, 2.45) is 0 Å². The number of nitro benzene ring substituents is 1. The first kappa shape index (κ1) is 15.8. The topological polar surface area (TPSA) is 98.3 Å². The van der Waals surface area contributed by atoms with Gasteiger partial charge in [0.2, 0.25) is 0 Å². The summed E-state index contributed by atoms with van der Waals surface area (Å²) in [4.78, 5) is 26.8. The Morgan fingerprint density at radius 1 is 1.29 bits per heavy atom. The van der Waals surface area contributed by atoms with E-state index < -0.39 is 22.4 Å². The highest BCUT2D eigenvalue weighted by Crippen LogP contribution is 2.18. The third-order valence-corrected chi connectivity index (χ3v) is 3.62. The SMILES string of the molecule is O=c1c2cc([N+](=O)[O-])ccc2ncn1C[C@H](O)c1cccc(F)c1. The number of aromatic nitrogens is 2. The lowest BCUT2D eigenvalue weighted by molar-refractivity contribution is -0.384. The molecule has 1 aromatic heterocycles. The van der Waals surface area contributed by atoms with E-state index in [-0.39, 0.29) is 17.6 Å². The Bertz CT molecular complexity index is 986. The van der Waals surface area contributed by atoms with E-state index in [2.05, 4.69) is 4.98 Å².